The monoisotopic (exact) mass is 532 g/mol. The first-order valence-electron chi connectivity index (χ1n) is 14.3. The van der Waals surface area contributed by atoms with Crippen molar-refractivity contribution < 1.29 is 0 Å². The third kappa shape index (κ3) is 7.78. The van der Waals surface area contributed by atoms with Gasteiger partial charge in [-0.05, 0) is 73.9 Å². The van der Waals surface area contributed by atoms with E-state index in [1.54, 1.807) is 0 Å². The largest absolute Gasteiger partial charge is 0.371 e. The highest BCUT2D eigenvalue weighted by molar-refractivity contribution is 5.56. The Balaban J connectivity index is 1.98. The van der Waals surface area contributed by atoms with E-state index in [9.17, 15) is 0 Å². The Morgan fingerprint density at radius 2 is 0.725 bits per heavy atom. The zero-order valence-electron chi connectivity index (χ0n) is 24.1. The molecule has 0 radical (unpaired) electrons. The smallest absolute Gasteiger partial charge is 0.0640 e. The Morgan fingerprint density at radius 3 is 0.925 bits per heavy atom. The molecule has 6 heteroatoms. The first-order chi connectivity index (χ1) is 19.6. The lowest BCUT2D eigenvalue weighted by Crippen LogP contribution is -2.24. The molecule has 0 aliphatic rings. The van der Waals surface area contributed by atoms with E-state index in [1.807, 2.05) is 0 Å². The molecule has 206 valence electrons. The normalized spacial score (nSPS) is 10.4. The molecular weight excluding hydrogens is 492 g/mol. The average molecular weight is 533 g/mol. The summed E-state index contributed by atoms with van der Waals surface area (Å²) in [6.07, 6.45) is 1.51. The maximum Gasteiger partial charge on any atom is 0.0640 e. The zero-order valence-corrected chi connectivity index (χ0v) is 24.1. The summed E-state index contributed by atoms with van der Waals surface area (Å²) in [6.45, 7) is 11.1. The van der Waals surface area contributed by atoms with Gasteiger partial charge in [-0.15, -0.1) is 0 Å². The first kappa shape index (κ1) is 30.1. The van der Waals surface area contributed by atoms with E-state index in [-0.39, 0.29) is 5.92 Å². The van der Waals surface area contributed by atoms with Gasteiger partial charge < -0.3 is 14.7 Å². The number of hydrogen-bond acceptors (Lipinski definition) is 6. The third-order valence-corrected chi connectivity index (χ3v) is 7.40. The molecule has 0 unspecified atom stereocenters. The molecule has 0 fully saturated rings. The fourth-order valence-corrected chi connectivity index (χ4v) is 5.17. The molecule has 0 aromatic heterocycles. The molecule has 40 heavy (non-hydrogen) atoms. The Kier molecular flexibility index (Phi) is 11.9. The van der Waals surface area contributed by atoms with Crippen molar-refractivity contribution in [2.75, 3.05) is 54.0 Å². The van der Waals surface area contributed by atoms with Crippen LogP contribution in [0.3, 0.4) is 0 Å². The van der Waals surface area contributed by atoms with Gasteiger partial charge in [0, 0.05) is 62.2 Å². The summed E-state index contributed by atoms with van der Waals surface area (Å²) in [7, 11) is 0. The van der Waals surface area contributed by atoms with E-state index in [0.29, 0.717) is 19.3 Å². The number of hydrogen-bond donors (Lipinski definition) is 0. The van der Waals surface area contributed by atoms with Crippen molar-refractivity contribution in [2.24, 2.45) is 0 Å². The van der Waals surface area contributed by atoms with Gasteiger partial charge >= 0.3 is 0 Å². The van der Waals surface area contributed by atoms with Crippen molar-refractivity contribution in [3.8, 4) is 18.2 Å². The van der Waals surface area contributed by atoms with E-state index in [2.05, 4.69) is 126 Å². The number of benzene rings is 3. The van der Waals surface area contributed by atoms with Gasteiger partial charge in [0.15, 0.2) is 0 Å². The van der Waals surface area contributed by atoms with Crippen molar-refractivity contribution in [1.29, 1.82) is 15.8 Å². The number of nitrogens with zero attached hydrogens (tertiary/aromatic N) is 6. The van der Waals surface area contributed by atoms with Crippen molar-refractivity contribution in [2.45, 2.75) is 46.0 Å². The van der Waals surface area contributed by atoms with Crippen LogP contribution in [0.25, 0.3) is 0 Å². The lowest BCUT2D eigenvalue weighted by atomic mass is 9.85. The maximum absolute atomic E-state index is 9.04. The van der Waals surface area contributed by atoms with Crippen LogP contribution in [-0.4, -0.2) is 39.3 Å². The number of nitriles is 3. The highest BCUT2D eigenvalue weighted by Crippen LogP contribution is 2.35. The fraction of sp³-hybridized carbons (Fsp3) is 0.382. The third-order valence-electron chi connectivity index (χ3n) is 7.40. The van der Waals surface area contributed by atoms with Gasteiger partial charge in [0.25, 0.3) is 0 Å². The summed E-state index contributed by atoms with van der Waals surface area (Å²) in [5.41, 5.74) is 6.98. The van der Waals surface area contributed by atoms with Gasteiger partial charge in [0.1, 0.15) is 0 Å². The van der Waals surface area contributed by atoms with Crippen LogP contribution in [0, 0.1) is 34.0 Å². The van der Waals surface area contributed by atoms with Crippen LogP contribution in [0.4, 0.5) is 17.1 Å². The molecule has 3 aromatic rings. The van der Waals surface area contributed by atoms with Crippen LogP contribution in [0.15, 0.2) is 72.8 Å². The predicted octanol–water partition coefficient (Wildman–Crippen LogP) is 7.09. The average Bonchev–Trinajstić information content (AvgIpc) is 3.00. The van der Waals surface area contributed by atoms with Crippen molar-refractivity contribution in [3.63, 3.8) is 0 Å². The van der Waals surface area contributed by atoms with Crippen molar-refractivity contribution in [3.05, 3.63) is 89.5 Å². The number of anilines is 3. The Hall–Kier alpha value is -4.47. The van der Waals surface area contributed by atoms with Crippen LogP contribution in [0.2, 0.25) is 0 Å². The predicted molar refractivity (Wildman–Crippen MR) is 165 cm³/mol. The van der Waals surface area contributed by atoms with Crippen LogP contribution in [0.5, 0.6) is 0 Å². The molecule has 0 amide bonds. The fourth-order valence-electron chi connectivity index (χ4n) is 5.17. The van der Waals surface area contributed by atoms with Gasteiger partial charge in [-0.3, -0.25) is 0 Å². The van der Waals surface area contributed by atoms with E-state index in [4.69, 9.17) is 15.8 Å². The van der Waals surface area contributed by atoms with Gasteiger partial charge in [-0.25, -0.2) is 0 Å². The van der Waals surface area contributed by atoms with E-state index in [1.165, 1.54) is 16.7 Å². The second-order valence-corrected chi connectivity index (χ2v) is 9.67. The van der Waals surface area contributed by atoms with Gasteiger partial charge in [0.05, 0.1) is 37.5 Å². The summed E-state index contributed by atoms with van der Waals surface area (Å²) >= 11 is 0. The molecule has 0 aliphatic heterocycles. The second-order valence-electron chi connectivity index (χ2n) is 9.67. The van der Waals surface area contributed by atoms with Gasteiger partial charge in [-0.1, -0.05) is 36.4 Å². The molecule has 0 aliphatic carbocycles. The van der Waals surface area contributed by atoms with Crippen LogP contribution < -0.4 is 14.7 Å². The van der Waals surface area contributed by atoms with Gasteiger partial charge in [0.2, 0.25) is 0 Å². The molecule has 0 N–H and O–H groups in total. The molecular formula is C34H40N6. The summed E-state index contributed by atoms with van der Waals surface area (Å²) < 4.78 is 0. The van der Waals surface area contributed by atoms with Crippen LogP contribution in [-0.2, 0) is 0 Å². The minimum absolute atomic E-state index is 0.0507. The Morgan fingerprint density at radius 1 is 0.475 bits per heavy atom. The topological polar surface area (TPSA) is 81.1 Å². The minimum Gasteiger partial charge on any atom is -0.371 e. The first-order valence-corrected chi connectivity index (χ1v) is 14.3. The highest BCUT2D eigenvalue weighted by Gasteiger charge is 2.19. The van der Waals surface area contributed by atoms with E-state index < -0.39 is 0 Å². The number of rotatable bonds is 15. The van der Waals surface area contributed by atoms with Crippen LogP contribution >= 0.6 is 0 Å². The molecule has 0 spiro atoms. The molecule has 0 saturated heterocycles. The summed E-state index contributed by atoms with van der Waals surface area (Å²) in [5.74, 6) is 0.0507. The molecule has 0 saturated carbocycles. The molecule has 3 aromatic carbocycles. The quantitative estimate of drug-likeness (QED) is 0.194. The second kappa shape index (κ2) is 15.8. The van der Waals surface area contributed by atoms with Crippen molar-refractivity contribution in [1.82, 2.24) is 0 Å². The van der Waals surface area contributed by atoms with E-state index in [0.717, 1.165) is 56.3 Å². The Labute approximate surface area is 240 Å². The summed E-state index contributed by atoms with van der Waals surface area (Å²) in [5, 5.41) is 27.1. The summed E-state index contributed by atoms with van der Waals surface area (Å²) in [4.78, 5) is 6.69. The summed E-state index contributed by atoms with van der Waals surface area (Å²) in [6, 6.07) is 32.9. The lowest BCUT2D eigenvalue weighted by molar-refractivity contribution is 0.824. The zero-order chi connectivity index (χ0) is 28.7. The Bertz CT molecular complexity index is 1130. The SMILES string of the molecule is CCN(CCC#N)c1ccc(C(c2ccc(N(CC)CCC#N)cc2)c2ccc(N(CC)CCC#N)cc2)cc1. The highest BCUT2D eigenvalue weighted by atomic mass is 15.1. The minimum atomic E-state index is 0.0507. The molecule has 6 nitrogen and oxygen atoms in total. The van der Waals surface area contributed by atoms with Crippen molar-refractivity contribution >= 4 is 17.1 Å². The van der Waals surface area contributed by atoms with Crippen LogP contribution in [0.1, 0.15) is 62.6 Å². The molecule has 0 bridgehead atoms. The van der Waals surface area contributed by atoms with E-state index >= 15 is 0 Å². The molecule has 0 heterocycles. The maximum atomic E-state index is 9.04. The molecule has 3 rings (SSSR count). The standard InChI is InChI=1S/C34H40N6/c1-4-38(25-7-22-35)31-16-10-28(11-17-31)34(29-12-18-32(19-13-29)39(5-2)26-8-23-36)30-14-20-33(21-15-30)40(6-3)27-9-24-37/h10-21,34H,4-9,25-27H2,1-3H3. The lowest BCUT2D eigenvalue weighted by Gasteiger charge is -2.26. The molecule has 0 atom stereocenters. The van der Waals surface area contributed by atoms with Gasteiger partial charge in [-0.2, -0.15) is 15.8 Å².